The molecule has 3 aromatic carbocycles. The number of hydrogen-bond acceptors (Lipinski definition) is 5. The molecule has 0 fully saturated rings. The van der Waals surface area contributed by atoms with Crippen LogP contribution in [0.25, 0.3) is 0 Å². The standard InChI is InChI=1S/C29H33Cl2N3O5S/c1-20(28(36)32-29(2,3)4)33(18-21-14-15-22(30)16-26(21)31)27(35)19-34(23-10-9-11-24(17-23)39-5)40(37,38)25-12-7-6-8-13-25/h6-17,20H,18-19H2,1-5H3,(H,32,36). The van der Waals surface area contributed by atoms with E-state index < -0.39 is 40.0 Å². The molecule has 0 heterocycles. The van der Waals surface area contributed by atoms with Gasteiger partial charge >= 0.3 is 0 Å². The van der Waals surface area contributed by atoms with Crippen molar-refractivity contribution < 1.29 is 22.7 Å². The van der Waals surface area contributed by atoms with Crippen LogP contribution < -0.4 is 14.4 Å². The van der Waals surface area contributed by atoms with Gasteiger partial charge < -0.3 is 15.0 Å². The molecular weight excluding hydrogens is 573 g/mol. The zero-order chi connectivity index (χ0) is 29.7. The monoisotopic (exact) mass is 605 g/mol. The number of sulfonamides is 1. The van der Waals surface area contributed by atoms with Crippen molar-refractivity contribution >= 4 is 50.7 Å². The summed E-state index contributed by atoms with van der Waals surface area (Å²) >= 11 is 12.5. The molecule has 0 bridgehead atoms. The molecule has 0 radical (unpaired) electrons. The number of rotatable bonds is 10. The molecule has 0 spiro atoms. The fraction of sp³-hybridized carbons (Fsp3) is 0.310. The predicted molar refractivity (Wildman–Crippen MR) is 158 cm³/mol. The lowest BCUT2D eigenvalue weighted by molar-refractivity contribution is -0.140. The second-order valence-electron chi connectivity index (χ2n) is 10.2. The van der Waals surface area contributed by atoms with Gasteiger partial charge in [-0.1, -0.05) is 53.5 Å². The number of benzene rings is 3. The number of methoxy groups -OCH3 is 1. The average molecular weight is 607 g/mol. The fourth-order valence-electron chi connectivity index (χ4n) is 3.90. The van der Waals surface area contributed by atoms with Crippen LogP contribution in [0.3, 0.4) is 0 Å². The van der Waals surface area contributed by atoms with Gasteiger partial charge in [0.25, 0.3) is 10.0 Å². The van der Waals surface area contributed by atoms with Crippen LogP contribution >= 0.6 is 23.2 Å². The molecule has 2 amide bonds. The molecule has 8 nitrogen and oxygen atoms in total. The van der Waals surface area contributed by atoms with Gasteiger partial charge in [-0.05, 0) is 69.7 Å². The smallest absolute Gasteiger partial charge is 0.264 e. The maximum absolute atomic E-state index is 14.0. The first kappa shape index (κ1) is 31.3. The van der Waals surface area contributed by atoms with Gasteiger partial charge in [0, 0.05) is 28.2 Å². The molecule has 40 heavy (non-hydrogen) atoms. The first-order valence-corrected chi connectivity index (χ1v) is 14.7. The predicted octanol–water partition coefficient (Wildman–Crippen LogP) is 5.53. The highest BCUT2D eigenvalue weighted by atomic mass is 35.5. The van der Waals surface area contributed by atoms with Crippen molar-refractivity contribution in [1.29, 1.82) is 0 Å². The Morgan fingerprint density at radius 2 is 1.65 bits per heavy atom. The number of anilines is 1. The molecule has 214 valence electrons. The summed E-state index contributed by atoms with van der Waals surface area (Å²) in [6.07, 6.45) is 0. The highest BCUT2D eigenvalue weighted by Gasteiger charge is 2.33. The summed E-state index contributed by atoms with van der Waals surface area (Å²) < 4.78 is 34.0. The molecule has 1 atom stereocenters. The van der Waals surface area contributed by atoms with E-state index in [1.165, 1.54) is 30.2 Å². The van der Waals surface area contributed by atoms with Gasteiger partial charge in [0.15, 0.2) is 0 Å². The van der Waals surface area contributed by atoms with Crippen molar-refractivity contribution in [3.63, 3.8) is 0 Å². The summed E-state index contributed by atoms with van der Waals surface area (Å²) in [4.78, 5) is 28.5. The number of carbonyl (C=O) groups excluding carboxylic acids is 2. The van der Waals surface area contributed by atoms with Crippen molar-refractivity contribution in [3.05, 3.63) is 88.4 Å². The second-order valence-corrected chi connectivity index (χ2v) is 12.9. The lowest BCUT2D eigenvalue weighted by atomic mass is 10.1. The fourth-order valence-corrected chi connectivity index (χ4v) is 5.80. The Kier molecular flexibility index (Phi) is 10.1. The molecule has 1 N–H and O–H groups in total. The lowest BCUT2D eigenvalue weighted by Gasteiger charge is -2.33. The third-order valence-electron chi connectivity index (χ3n) is 5.97. The third-order valence-corrected chi connectivity index (χ3v) is 8.35. The Hall–Kier alpha value is -3.27. The SMILES string of the molecule is COc1cccc(N(CC(=O)N(Cc2ccc(Cl)cc2Cl)C(C)C(=O)NC(C)(C)C)S(=O)(=O)c2ccccc2)c1. The molecule has 3 aromatic rings. The molecule has 0 saturated carbocycles. The Bertz CT molecular complexity index is 1460. The van der Waals surface area contributed by atoms with E-state index >= 15 is 0 Å². The molecular formula is C29H33Cl2N3O5S. The highest BCUT2D eigenvalue weighted by Crippen LogP contribution is 2.28. The summed E-state index contributed by atoms with van der Waals surface area (Å²) in [5.41, 5.74) is 0.225. The first-order valence-electron chi connectivity index (χ1n) is 12.5. The molecule has 0 saturated heterocycles. The maximum atomic E-state index is 14.0. The van der Waals surface area contributed by atoms with E-state index in [0.29, 0.717) is 21.4 Å². The normalized spacial score (nSPS) is 12.4. The van der Waals surface area contributed by atoms with E-state index in [9.17, 15) is 18.0 Å². The van der Waals surface area contributed by atoms with Crippen LogP contribution in [-0.4, -0.2) is 50.4 Å². The van der Waals surface area contributed by atoms with Crippen molar-refractivity contribution in [2.45, 2.75) is 50.7 Å². The largest absolute Gasteiger partial charge is 0.497 e. The quantitative estimate of drug-likeness (QED) is 0.328. The Labute approximate surface area is 245 Å². The summed E-state index contributed by atoms with van der Waals surface area (Å²) in [6, 6.07) is 18.1. The number of nitrogens with zero attached hydrogens (tertiary/aromatic N) is 2. The van der Waals surface area contributed by atoms with Gasteiger partial charge in [-0.3, -0.25) is 13.9 Å². The second kappa shape index (κ2) is 12.9. The van der Waals surface area contributed by atoms with E-state index in [0.717, 1.165) is 4.31 Å². The number of nitrogens with one attached hydrogen (secondary N) is 1. The molecule has 3 rings (SSSR count). The molecule has 0 aliphatic heterocycles. The minimum Gasteiger partial charge on any atom is -0.497 e. The van der Waals surface area contributed by atoms with E-state index in [2.05, 4.69) is 5.32 Å². The zero-order valence-electron chi connectivity index (χ0n) is 23.0. The minimum absolute atomic E-state index is 0.0106. The van der Waals surface area contributed by atoms with Crippen LogP contribution in [0.1, 0.15) is 33.3 Å². The van der Waals surface area contributed by atoms with Gasteiger partial charge in [-0.2, -0.15) is 0 Å². The topological polar surface area (TPSA) is 96.0 Å². The number of amides is 2. The Morgan fingerprint density at radius 3 is 2.25 bits per heavy atom. The van der Waals surface area contributed by atoms with Crippen LogP contribution in [0, 0.1) is 0 Å². The van der Waals surface area contributed by atoms with Crippen molar-refractivity contribution in [3.8, 4) is 5.75 Å². The summed E-state index contributed by atoms with van der Waals surface area (Å²) in [5, 5.41) is 3.62. The summed E-state index contributed by atoms with van der Waals surface area (Å²) in [6.45, 7) is 6.45. The summed E-state index contributed by atoms with van der Waals surface area (Å²) in [7, 11) is -2.72. The van der Waals surface area contributed by atoms with E-state index in [4.69, 9.17) is 27.9 Å². The number of halogens is 2. The number of ether oxygens (including phenoxy) is 1. The van der Waals surface area contributed by atoms with Gasteiger partial charge in [-0.15, -0.1) is 0 Å². The molecule has 0 aromatic heterocycles. The van der Waals surface area contributed by atoms with E-state index in [-0.39, 0.29) is 17.1 Å². The van der Waals surface area contributed by atoms with Crippen LogP contribution in [0.2, 0.25) is 10.0 Å². The average Bonchev–Trinajstić information content (AvgIpc) is 2.90. The Balaban J connectivity index is 2.07. The van der Waals surface area contributed by atoms with Crippen LogP contribution in [0.15, 0.2) is 77.7 Å². The van der Waals surface area contributed by atoms with E-state index in [1.54, 1.807) is 61.5 Å². The molecule has 0 aliphatic carbocycles. The zero-order valence-corrected chi connectivity index (χ0v) is 25.3. The van der Waals surface area contributed by atoms with Crippen molar-refractivity contribution in [1.82, 2.24) is 10.2 Å². The number of carbonyl (C=O) groups is 2. The molecule has 0 aliphatic rings. The van der Waals surface area contributed by atoms with E-state index in [1.807, 2.05) is 20.8 Å². The van der Waals surface area contributed by atoms with Crippen molar-refractivity contribution in [2.75, 3.05) is 18.0 Å². The van der Waals surface area contributed by atoms with Crippen LogP contribution in [0.4, 0.5) is 5.69 Å². The first-order chi connectivity index (χ1) is 18.7. The van der Waals surface area contributed by atoms with Crippen LogP contribution in [0.5, 0.6) is 5.75 Å². The lowest BCUT2D eigenvalue weighted by Crippen LogP contribution is -2.54. The highest BCUT2D eigenvalue weighted by molar-refractivity contribution is 7.92. The third kappa shape index (κ3) is 7.90. The molecule has 1 unspecified atom stereocenters. The van der Waals surface area contributed by atoms with Gasteiger partial charge in [0.05, 0.1) is 17.7 Å². The van der Waals surface area contributed by atoms with Crippen LogP contribution in [-0.2, 0) is 26.2 Å². The molecule has 11 heteroatoms. The van der Waals surface area contributed by atoms with Gasteiger partial charge in [0.2, 0.25) is 11.8 Å². The maximum Gasteiger partial charge on any atom is 0.264 e. The van der Waals surface area contributed by atoms with Crippen molar-refractivity contribution in [2.24, 2.45) is 0 Å². The van der Waals surface area contributed by atoms with Gasteiger partial charge in [0.1, 0.15) is 18.3 Å². The Morgan fingerprint density at radius 1 is 0.975 bits per heavy atom. The summed E-state index contributed by atoms with van der Waals surface area (Å²) in [5.74, 6) is -0.587. The number of hydrogen-bond donors (Lipinski definition) is 1. The minimum atomic E-state index is -4.18. The van der Waals surface area contributed by atoms with Gasteiger partial charge in [-0.25, -0.2) is 8.42 Å².